The van der Waals surface area contributed by atoms with Crippen molar-refractivity contribution in [1.29, 1.82) is 0 Å². The normalized spacial score (nSPS) is 24.4. The van der Waals surface area contributed by atoms with E-state index in [1.165, 1.54) is 10.7 Å². The van der Waals surface area contributed by atoms with Gasteiger partial charge in [0.25, 0.3) is 0 Å². The van der Waals surface area contributed by atoms with Crippen molar-refractivity contribution < 1.29 is 14.3 Å². The Morgan fingerprint density at radius 2 is 2.05 bits per heavy atom. The zero-order valence-corrected chi connectivity index (χ0v) is 16.4. The van der Waals surface area contributed by atoms with E-state index in [0.717, 1.165) is 5.57 Å². The summed E-state index contributed by atoms with van der Waals surface area (Å²) in [4.78, 5) is 30.9. The summed E-state index contributed by atoms with van der Waals surface area (Å²) in [6.07, 6.45) is 5.46. The molecule has 0 aromatic heterocycles. The number of methoxy groups -OCH3 is 1. The third-order valence-corrected chi connectivity index (χ3v) is 11.8. The molecule has 1 aliphatic carbocycles. The molecule has 0 saturated carbocycles. The number of esters is 1. The Morgan fingerprint density at radius 3 is 2.50 bits per heavy atom. The molecule has 1 aliphatic rings. The molecule has 1 rings (SSSR count). The van der Waals surface area contributed by atoms with Crippen molar-refractivity contribution in [3.63, 3.8) is 0 Å². The van der Waals surface area contributed by atoms with Crippen LogP contribution < -0.4 is 0 Å². The first-order valence-corrected chi connectivity index (χ1v) is 17.1. The van der Waals surface area contributed by atoms with Crippen molar-refractivity contribution in [3.8, 4) is 0 Å². The molecule has 0 saturated heterocycles. The van der Waals surface area contributed by atoms with Crippen LogP contribution >= 0.6 is 0 Å². The molecule has 4 heteroatoms. The van der Waals surface area contributed by atoms with Crippen LogP contribution in [-0.4, -0.2) is 37.2 Å². The molecular weight excluding hydrogens is 359 g/mol. The molecule has 1 atom stereocenters. The zero-order chi connectivity index (χ0) is 15.6. The molecule has 0 fully saturated rings. The van der Waals surface area contributed by atoms with Crippen molar-refractivity contribution in [2.45, 2.75) is 47.9 Å². The Kier molecular flexibility index (Phi) is 5.64. The van der Waals surface area contributed by atoms with Crippen LogP contribution in [0.5, 0.6) is 0 Å². The van der Waals surface area contributed by atoms with Gasteiger partial charge in [0.05, 0.1) is 0 Å². The van der Waals surface area contributed by atoms with Crippen LogP contribution in [0.2, 0.25) is 14.8 Å². The molecule has 20 heavy (non-hydrogen) atoms. The number of carbonyl (C=O) groups is 2. The van der Waals surface area contributed by atoms with Gasteiger partial charge in [0.15, 0.2) is 0 Å². The topological polar surface area (TPSA) is 43.4 Å². The van der Waals surface area contributed by atoms with Crippen molar-refractivity contribution in [2.75, 3.05) is 7.11 Å². The SMILES string of the molecule is COC(=O)C1(C/C=[C](\C)[Sn]([CH3])([CH3])[CH3])CCC(=O)C=C1C. The van der Waals surface area contributed by atoms with Crippen molar-refractivity contribution in [1.82, 2.24) is 0 Å². The van der Waals surface area contributed by atoms with E-state index in [1.54, 1.807) is 6.08 Å². The fourth-order valence-electron chi connectivity index (χ4n) is 2.42. The van der Waals surface area contributed by atoms with E-state index in [4.69, 9.17) is 4.74 Å². The van der Waals surface area contributed by atoms with Gasteiger partial charge < -0.3 is 0 Å². The summed E-state index contributed by atoms with van der Waals surface area (Å²) in [7, 11) is 1.42. The van der Waals surface area contributed by atoms with E-state index in [-0.39, 0.29) is 11.8 Å². The van der Waals surface area contributed by atoms with Gasteiger partial charge in [-0.3, -0.25) is 0 Å². The summed E-state index contributed by atoms with van der Waals surface area (Å²) in [6.45, 7) is 4.05. The molecule has 0 heterocycles. The van der Waals surface area contributed by atoms with Crippen LogP contribution in [0.15, 0.2) is 21.3 Å². The monoisotopic (exact) mass is 386 g/mol. The maximum atomic E-state index is 12.3. The number of hydrogen-bond acceptors (Lipinski definition) is 3. The quantitative estimate of drug-likeness (QED) is 0.548. The molecule has 1 unspecified atom stereocenters. The Bertz CT molecular complexity index is 469. The average molecular weight is 385 g/mol. The van der Waals surface area contributed by atoms with E-state index in [2.05, 4.69) is 27.8 Å². The molecular formula is C16H26O3Sn. The molecule has 0 aromatic carbocycles. The van der Waals surface area contributed by atoms with Gasteiger partial charge in [-0.25, -0.2) is 0 Å². The van der Waals surface area contributed by atoms with Crippen molar-refractivity contribution in [2.24, 2.45) is 5.41 Å². The summed E-state index contributed by atoms with van der Waals surface area (Å²) in [6, 6.07) is 0. The minimum atomic E-state index is -2.06. The van der Waals surface area contributed by atoms with Crippen LogP contribution in [0.4, 0.5) is 0 Å². The Balaban J connectivity index is 3.13. The Hall–Kier alpha value is -0.581. The zero-order valence-electron chi connectivity index (χ0n) is 13.5. The molecule has 112 valence electrons. The average Bonchev–Trinajstić information content (AvgIpc) is 2.36. The third-order valence-electron chi connectivity index (χ3n) is 4.45. The van der Waals surface area contributed by atoms with E-state index < -0.39 is 23.8 Å². The van der Waals surface area contributed by atoms with E-state index in [0.29, 0.717) is 19.3 Å². The number of ether oxygens (including phenoxy) is 1. The van der Waals surface area contributed by atoms with Gasteiger partial charge in [0.1, 0.15) is 0 Å². The standard InChI is InChI=1S/C13H17O3.3CH3.Sn/c1-4-5-7-13(12(15)16-3)8-6-11(14)9-10(13)2;;;;/h5,9H,6-8H2,1-3H3;3*1H3;. The molecule has 3 nitrogen and oxygen atoms in total. The summed E-state index contributed by atoms with van der Waals surface area (Å²) in [5.41, 5.74) is 0.204. The molecule has 0 aliphatic heterocycles. The molecule has 0 N–H and O–H groups in total. The van der Waals surface area contributed by atoms with E-state index in [9.17, 15) is 9.59 Å². The van der Waals surface area contributed by atoms with E-state index >= 15 is 0 Å². The Morgan fingerprint density at radius 1 is 1.45 bits per heavy atom. The third kappa shape index (κ3) is 3.74. The molecule has 0 amide bonds. The number of ketones is 1. The fraction of sp³-hybridized carbons (Fsp3) is 0.625. The molecule has 0 bridgehead atoms. The molecule has 0 spiro atoms. The number of rotatable bonds is 4. The first-order valence-electron chi connectivity index (χ1n) is 7.11. The second kappa shape index (κ2) is 6.46. The summed E-state index contributed by atoms with van der Waals surface area (Å²) in [5.74, 6) is -0.107. The second-order valence-electron chi connectivity index (χ2n) is 6.71. The maximum absolute atomic E-state index is 12.3. The van der Waals surface area contributed by atoms with E-state index in [1.807, 2.05) is 6.92 Å². The minimum absolute atomic E-state index is 0.109. The van der Waals surface area contributed by atoms with Gasteiger partial charge in [0, 0.05) is 0 Å². The first kappa shape index (κ1) is 17.5. The number of carbonyl (C=O) groups excluding carboxylic acids is 2. The second-order valence-corrected chi connectivity index (χ2v) is 21.8. The van der Waals surface area contributed by atoms with Crippen LogP contribution in [0.1, 0.15) is 33.1 Å². The number of hydrogen-bond donors (Lipinski definition) is 0. The van der Waals surface area contributed by atoms with Gasteiger partial charge in [-0.1, -0.05) is 0 Å². The predicted octanol–water partition coefficient (Wildman–Crippen LogP) is 3.67. The van der Waals surface area contributed by atoms with Gasteiger partial charge >= 0.3 is 126 Å². The van der Waals surface area contributed by atoms with Crippen LogP contribution in [-0.2, 0) is 14.3 Å². The summed E-state index contributed by atoms with van der Waals surface area (Å²) >= 11 is -2.06. The van der Waals surface area contributed by atoms with Crippen molar-refractivity contribution in [3.05, 3.63) is 21.3 Å². The van der Waals surface area contributed by atoms with Gasteiger partial charge in [-0.15, -0.1) is 0 Å². The number of allylic oxidation sites excluding steroid dienone is 3. The van der Waals surface area contributed by atoms with Crippen LogP contribution in [0, 0.1) is 5.41 Å². The molecule has 0 radical (unpaired) electrons. The summed E-state index contributed by atoms with van der Waals surface area (Å²) in [5, 5.41) is 0. The van der Waals surface area contributed by atoms with Crippen LogP contribution in [0.25, 0.3) is 0 Å². The first-order chi connectivity index (χ1) is 9.13. The fourth-order valence-corrected chi connectivity index (χ4v) is 4.46. The predicted molar refractivity (Wildman–Crippen MR) is 84.2 cm³/mol. The van der Waals surface area contributed by atoms with Gasteiger partial charge in [-0.05, 0) is 0 Å². The van der Waals surface area contributed by atoms with Gasteiger partial charge in [-0.2, -0.15) is 0 Å². The van der Waals surface area contributed by atoms with Crippen molar-refractivity contribution >= 4 is 30.1 Å². The van der Waals surface area contributed by atoms with Gasteiger partial charge in [0.2, 0.25) is 0 Å². The molecule has 0 aromatic rings. The summed E-state index contributed by atoms with van der Waals surface area (Å²) < 4.78 is 6.46. The Labute approximate surface area is 126 Å². The van der Waals surface area contributed by atoms with Crippen LogP contribution in [0.3, 0.4) is 0 Å².